The maximum atomic E-state index is 14.1. The lowest BCUT2D eigenvalue weighted by Gasteiger charge is -2.56. The summed E-state index contributed by atoms with van der Waals surface area (Å²) in [5, 5.41) is 7.19. The van der Waals surface area contributed by atoms with Crippen LogP contribution in [0.3, 0.4) is 0 Å². The van der Waals surface area contributed by atoms with Crippen molar-refractivity contribution in [2.75, 3.05) is 26.7 Å². The van der Waals surface area contributed by atoms with Crippen molar-refractivity contribution in [1.29, 1.82) is 0 Å². The average Bonchev–Trinajstić information content (AvgIpc) is 3.10. The quantitative estimate of drug-likeness (QED) is 0.248. The number of carbonyl (C=O) groups excluding carboxylic acids is 2. The Kier molecular flexibility index (Phi) is 19.1. The van der Waals surface area contributed by atoms with Gasteiger partial charge in [0.15, 0.2) is 0 Å². The second kappa shape index (κ2) is 21.8. The molecule has 3 atom stereocenters. The van der Waals surface area contributed by atoms with E-state index in [0.717, 1.165) is 24.0 Å². The minimum atomic E-state index is -0.732. The Morgan fingerprint density at radius 2 is 1.62 bits per heavy atom. The summed E-state index contributed by atoms with van der Waals surface area (Å²) in [6, 6.07) is 15.1. The molecule has 47 heavy (non-hydrogen) atoms. The summed E-state index contributed by atoms with van der Waals surface area (Å²) < 4.78 is 13.4. The third kappa shape index (κ3) is 11.1. The van der Waals surface area contributed by atoms with E-state index in [4.69, 9.17) is 0 Å². The molecule has 1 N–H and O–H groups in total. The van der Waals surface area contributed by atoms with Gasteiger partial charge in [0, 0.05) is 20.1 Å². The van der Waals surface area contributed by atoms with Crippen LogP contribution in [0.4, 0.5) is 4.39 Å². The van der Waals surface area contributed by atoms with E-state index in [1.54, 1.807) is 17.0 Å². The minimum absolute atomic E-state index is 0.0680. The summed E-state index contributed by atoms with van der Waals surface area (Å²) in [6.45, 7) is 24.2. The summed E-state index contributed by atoms with van der Waals surface area (Å²) in [7, 11) is 1.86. The zero-order valence-electron chi connectivity index (χ0n) is 30.6. The van der Waals surface area contributed by atoms with E-state index in [-0.39, 0.29) is 30.1 Å². The molecule has 2 aromatic rings. The standard InChI is InChI=1S/C33H42FN5O2.3C2H6/c1-6-8-10-13-27(7-2)24(3)21-37-22-30-38(32(33(37)41)28-14-11-9-12-15-28)31(40)23-36(5)39(30)25(4)35-20-26-16-18-29(34)19-17-26;3*1-2/h8-19,24,30,32,35H,4,6-7,20-23H2,1-3,5H3;3*1-2H3/b10-8-,27-13+;;;/t24?,30?,32-;;;/m0.../s1. The van der Waals surface area contributed by atoms with E-state index < -0.39 is 12.2 Å². The van der Waals surface area contributed by atoms with Crippen molar-refractivity contribution in [1.82, 2.24) is 25.1 Å². The molecule has 2 heterocycles. The number of benzene rings is 2. The highest BCUT2D eigenvalue weighted by molar-refractivity contribution is 5.91. The average molecular weight is 650 g/mol. The van der Waals surface area contributed by atoms with Crippen molar-refractivity contribution in [3.63, 3.8) is 0 Å². The van der Waals surface area contributed by atoms with E-state index in [1.165, 1.54) is 17.7 Å². The molecule has 0 saturated carbocycles. The number of hydrogen-bond acceptors (Lipinski definition) is 5. The number of allylic oxidation sites excluding steroid dienone is 3. The monoisotopic (exact) mass is 649 g/mol. The first-order valence-electron chi connectivity index (χ1n) is 17.4. The Labute approximate surface area is 284 Å². The van der Waals surface area contributed by atoms with Crippen LogP contribution in [0.5, 0.6) is 0 Å². The molecule has 0 radical (unpaired) electrons. The van der Waals surface area contributed by atoms with Crippen LogP contribution < -0.4 is 5.32 Å². The molecular weight excluding hydrogens is 589 g/mol. The van der Waals surface area contributed by atoms with Crippen LogP contribution in [0.15, 0.2) is 90.8 Å². The summed E-state index contributed by atoms with van der Waals surface area (Å²) in [4.78, 5) is 31.3. The predicted octanol–water partition coefficient (Wildman–Crippen LogP) is 8.30. The van der Waals surface area contributed by atoms with Gasteiger partial charge in [-0.25, -0.2) is 9.40 Å². The Morgan fingerprint density at radius 3 is 2.19 bits per heavy atom. The van der Waals surface area contributed by atoms with Crippen LogP contribution in [0.1, 0.15) is 92.3 Å². The number of rotatable bonds is 11. The third-order valence-corrected chi connectivity index (χ3v) is 7.85. The van der Waals surface area contributed by atoms with Gasteiger partial charge in [0.1, 0.15) is 23.8 Å². The fourth-order valence-corrected chi connectivity index (χ4v) is 5.71. The van der Waals surface area contributed by atoms with Gasteiger partial charge >= 0.3 is 0 Å². The van der Waals surface area contributed by atoms with Crippen LogP contribution in [-0.2, 0) is 16.1 Å². The zero-order chi connectivity index (χ0) is 35.5. The largest absolute Gasteiger partial charge is 0.367 e. The molecular formula is C39H60FN5O2. The Morgan fingerprint density at radius 1 is 1.00 bits per heavy atom. The summed E-state index contributed by atoms with van der Waals surface area (Å²) in [5.74, 6) is 0.301. The van der Waals surface area contributed by atoms with E-state index in [1.807, 2.05) is 93.8 Å². The van der Waals surface area contributed by atoms with Crippen LogP contribution in [0.25, 0.3) is 0 Å². The molecule has 2 unspecified atom stereocenters. The molecule has 2 aliphatic rings. The van der Waals surface area contributed by atoms with Gasteiger partial charge in [-0.3, -0.25) is 14.6 Å². The summed E-state index contributed by atoms with van der Waals surface area (Å²) >= 11 is 0. The molecule has 2 aliphatic heterocycles. The molecule has 8 heteroatoms. The first kappa shape index (κ1) is 41.1. The van der Waals surface area contributed by atoms with Gasteiger partial charge in [-0.15, -0.1) is 0 Å². The predicted molar refractivity (Wildman–Crippen MR) is 194 cm³/mol. The van der Waals surface area contributed by atoms with Crippen LogP contribution in [0, 0.1) is 11.7 Å². The fourth-order valence-electron chi connectivity index (χ4n) is 5.71. The van der Waals surface area contributed by atoms with Gasteiger partial charge in [-0.2, -0.15) is 0 Å². The van der Waals surface area contributed by atoms with Gasteiger partial charge in [-0.1, -0.05) is 135 Å². The number of amides is 2. The lowest BCUT2D eigenvalue weighted by molar-refractivity contribution is -0.193. The van der Waals surface area contributed by atoms with Crippen molar-refractivity contribution < 1.29 is 14.0 Å². The number of halogens is 1. The normalized spacial score (nSPS) is 18.6. The van der Waals surface area contributed by atoms with Crippen molar-refractivity contribution in [3.05, 3.63) is 108 Å². The molecule has 2 saturated heterocycles. The number of fused-ring (bicyclic) bond motifs is 1. The molecule has 0 spiro atoms. The van der Waals surface area contributed by atoms with E-state index in [0.29, 0.717) is 25.5 Å². The number of hydrogen-bond donors (Lipinski definition) is 1. The number of nitrogens with zero attached hydrogens (tertiary/aromatic N) is 4. The molecule has 7 nitrogen and oxygen atoms in total. The van der Waals surface area contributed by atoms with Gasteiger partial charge in [0.25, 0.3) is 0 Å². The molecule has 4 rings (SSSR count). The van der Waals surface area contributed by atoms with Gasteiger partial charge < -0.3 is 15.1 Å². The first-order chi connectivity index (χ1) is 22.7. The van der Waals surface area contributed by atoms with E-state index >= 15 is 0 Å². The topological polar surface area (TPSA) is 59.1 Å². The zero-order valence-corrected chi connectivity index (χ0v) is 30.6. The second-order valence-corrected chi connectivity index (χ2v) is 10.8. The SMILES string of the molecule is C=C(NCc1ccc(F)cc1)N1C2CN(CC(C)/C(=C/C=C\CC)CC)C(=O)[C@H](c3ccccc3)N2C(=O)CN1C.CC.CC.CC. The van der Waals surface area contributed by atoms with Gasteiger partial charge in [-0.05, 0) is 42.0 Å². The Balaban J connectivity index is 0.00000174. The van der Waals surface area contributed by atoms with Crippen LogP contribution in [0.2, 0.25) is 0 Å². The number of hydrazine groups is 1. The lowest BCUT2D eigenvalue weighted by Crippen LogP contribution is -2.72. The molecule has 2 fully saturated rings. The van der Waals surface area contributed by atoms with Crippen molar-refractivity contribution in [2.45, 2.75) is 93.9 Å². The maximum Gasteiger partial charge on any atom is 0.250 e. The highest BCUT2D eigenvalue weighted by atomic mass is 19.1. The van der Waals surface area contributed by atoms with E-state index in [2.05, 4.69) is 50.9 Å². The van der Waals surface area contributed by atoms with Crippen molar-refractivity contribution in [2.24, 2.45) is 5.92 Å². The highest BCUT2D eigenvalue weighted by Gasteiger charge is 2.50. The van der Waals surface area contributed by atoms with Crippen molar-refractivity contribution in [3.8, 4) is 0 Å². The molecule has 0 aliphatic carbocycles. The van der Waals surface area contributed by atoms with Gasteiger partial charge in [0.2, 0.25) is 11.8 Å². The van der Waals surface area contributed by atoms with Crippen molar-refractivity contribution >= 4 is 11.8 Å². The van der Waals surface area contributed by atoms with E-state index in [9.17, 15) is 14.0 Å². The number of nitrogens with one attached hydrogen (secondary N) is 1. The Hall–Kier alpha value is -3.91. The number of piperazine rings is 1. The van der Waals surface area contributed by atoms with Crippen LogP contribution in [-0.4, -0.2) is 64.5 Å². The molecule has 260 valence electrons. The molecule has 2 amide bonds. The first-order valence-corrected chi connectivity index (χ1v) is 17.4. The fraction of sp³-hybridized carbons (Fsp3) is 0.487. The van der Waals surface area contributed by atoms with Gasteiger partial charge in [0.05, 0.1) is 13.1 Å². The minimum Gasteiger partial charge on any atom is -0.367 e. The second-order valence-electron chi connectivity index (χ2n) is 10.8. The highest BCUT2D eigenvalue weighted by Crippen LogP contribution is 2.36. The summed E-state index contributed by atoms with van der Waals surface area (Å²) in [5.41, 5.74) is 2.98. The third-order valence-electron chi connectivity index (χ3n) is 7.85. The lowest BCUT2D eigenvalue weighted by atomic mass is 9.94. The Bertz CT molecular complexity index is 1280. The van der Waals surface area contributed by atoms with Crippen LogP contribution >= 0.6 is 0 Å². The summed E-state index contributed by atoms with van der Waals surface area (Å²) in [6.07, 6.45) is 7.80. The maximum absolute atomic E-state index is 14.1. The number of carbonyl (C=O) groups is 2. The molecule has 0 bridgehead atoms. The number of likely N-dealkylation sites (N-methyl/N-ethyl adjacent to an activating group) is 1. The smallest absolute Gasteiger partial charge is 0.250 e. The molecule has 2 aromatic carbocycles. The molecule has 0 aromatic heterocycles.